The van der Waals surface area contributed by atoms with Crippen LogP contribution in [-0.2, 0) is 14.8 Å². The highest BCUT2D eigenvalue weighted by atomic mass is 32.2. The van der Waals surface area contributed by atoms with Gasteiger partial charge in [0.1, 0.15) is 0 Å². The highest BCUT2D eigenvalue weighted by Gasteiger charge is 2.28. The maximum absolute atomic E-state index is 13.1. The first-order valence-electron chi connectivity index (χ1n) is 9.35. The Hall–Kier alpha value is -2.71. The maximum atomic E-state index is 13.1. The standard InChI is InChI=1S/C21H24N2O5S/c1-14-12-23(13-15(2)28-14)21(25)19-9-4-5-10-20(19)22-29(26,27)18-8-6-7-17(11-18)16(3)24/h4-11,14-15,22H,12-13H2,1-3H3. The van der Waals surface area contributed by atoms with E-state index in [4.69, 9.17) is 4.74 Å². The molecule has 8 heteroatoms. The van der Waals surface area contributed by atoms with Crippen LogP contribution in [0.15, 0.2) is 53.4 Å². The number of sulfonamides is 1. The SMILES string of the molecule is CC(=O)c1cccc(S(=O)(=O)Nc2ccccc2C(=O)N2CC(C)OC(C)C2)c1. The average molecular weight is 416 g/mol. The van der Waals surface area contributed by atoms with Gasteiger partial charge in [0, 0.05) is 18.7 Å². The van der Waals surface area contributed by atoms with Crippen LogP contribution >= 0.6 is 0 Å². The molecule has 2 aromatic rings. The van der Waals surface area contributed by atoms with E-state index >= 15 is 0 Å². The first-order chi connectivity index (χ1) is 13.7. The second-order valence-corrected chi connectivity index (χ2v) is 8.88. The van der Waals surface area contributed by atoms with Crippen molar-refractivity contribution in [1.29, 1.82) is 0 Å². The lowest BCUT2D eigenvalue weighted by Gasteiger charge is -2.35. The summed E-state index contributed by atoms with van der Waals surface area (Å²) in [6.45, 7) is 6.03. The number of nitrogens with one attached hydrogen (secondary N) is 1. The molecule has 2 unspecified atom stereocenters. The van der Waals surface area contributed by atoms with E-state index in [1.165, 1.54) is 25.1 Å². The smallest absolute Gasteiger partial charge is 0.261 e. The second kappa shape index (κ2) is 8.34. The summed E-state index contributed by atoms with van der Waals surface area (Å²) < 4.78 is 33.9. The van der Waals surface area contributed by atoms with E-state index in [0.717, 1.165) is 0 Å². The lowest BCUT2D eigenvalue weighted by atomic mass is 10.1. The van der Waals surface area contributed by atoms with Gasteiger partial charge in [-0.05, 0) is 45.0 Å². The molecule has 0 saturated carbocycles. The third-order valence-electron chi connectivity index (χ3n) is 4.66. The predicted molar refractivity (Wildman–Crippen MR) is 110 cm³/mol. The van der Waals surface area contributed by atoms with Gasteiger partial charge in [-0.1, -0.05) is 24.3 Å². The molecule has 1 aliphatic rings. The second-order valence-electron chi connectivity index (χ2n) is 7.20. The number of ether oxygens (including phenoxy) is 1. The number of para-hydroxylation sites is 1. The van der Waals surface area contributed by atoms with Crippen LogP contribution < -0.4 is 4.72 Å². The molecule has 1 heterocycles. The van der Waals surface area contributed by atoms with E-state index in [0.29, 0.717) is 18.7 Å². The topological polar surface area (TPSA) is 92.8 Å². The van der Waals surface area contributed by atoms with Crippen LogP contribution in [0.3, 0.4) is 0 Å². The Bertz CT molecular complexity index is 1020. The molecule has 1 fully saturated rings. The number of benzene rings is 2. The van der Waals surface area contributed by atoms with Gasteiger partial charge in [0.15, 0.2) is 5.78 Å². The maximum Gasteiger partial charge on any atom is 0.261 e. The van der Waals surface area contributed by atoms with E-state index in [-0.39, 0.29) is 40.0 Å². The Labute approximate surface area is 170 Å². The number of ketones is 1. The van der Waals surface area contributed by atoms with E-state index < -0.39 is 10.0 Å². The summed E-state index contributed by atoms with van der Waals surface area (Å²) >= 11 is 0. The molecule has 1 saturated heterocycles. The first kappa shape index (κ1) is 21.0. The first-order valence-corrected chi connectivity index (χ1v) is 10.8. The van der Waals surface area contributed by atoms with Crippen molar-refractivity contribution in [2.24, 2.45) is 0 Å². The molecule has 0 radical (unpaired) electrons. The Morgan fingerprint density at radius 2 is 1.69 bits per heavy atom. The van der Waals surface area contributed by atoms with E-state index in [2.05, 4.69) is 4.72 Å². The van der Waals surface area contributed by atoms with Crippen LogP contribution in [0, 0.1) is 0 Å². The van der Waals surface area contributed by atoms with Crippen molar-refractivity contribution in [2.75, 3.05) is 17.8 Å². The van der Waals surface area contributed by atoms with Gasteiger partial charge >= 0.3 is 0 Å². The number of nitrogens with zero attached hydrogens (tertiary/aromatic N) is 1. The molecule has 0 bridgehead atoms. The minimum atomic E-state index is -3.98. The third kappa shape index (κ3) is 4.83. The van der Waals surface area contributed by atoms with Crippen LogP contribution in [0.25, 0.3) is 0 Å². The lowest BCUT2D eigenvalue weighted by Crippen LogP contribution is -2.48. The lowest BCUT2D eigenvalue weighted by molar-refractivity contribution is -0.0585. The van der Waals surface area contributed by atoms with Gasteiger partial charge in [-0.15, -0.1) is 0 Å². The fourth-order valence-corrected chi connectivity index (χ4v) is 4.48. The minimum absolute atomic E-state index is 0.0407. The molecule has 1 N–H and O–H groups in total. The summed E-state index contributed by atoms with van der Waals surface area (Å²) in [6, 6.07) is 12.3. The van der Waals surface area contributed by atoms with Crippen LogP contribution in [0.4, 0.5) is 5.69 Å². The molecule has 1 amide bonds. The number of morpholine rings is 1. The van der Waals surface area contributed by atoms with Gasteiger partial charge in [-0.2, -0.15) is 0 Å². The van der Waals surface area contributed by atoms with Crippen molar-refractivity contribution in [2.45, 2.75) is 37.9 Å². The fraction of sp³-hybridized carbons (Fsp3) is 0.333. The summed E-state index contributed by atoms with van der Waals surface area (Å²) in [5.74, 6) is -0.490. The Morgan fingerprint density at radius 1 is 1.03 bits per heavy atom. The van der Waals surface area contributed by atoms with Crippen molar-refractivity contribution >= 4 is 27.4 Å². The van der Waals surface area contributed by atoms with Crippen LogP contribution in [0.1, 0.15) is 41.5 Å². The Balaban J connectivity index is 1.90. The van der Waals surface area contributed by atoms with E-state index in [9.17, 15) is 18.0 Å². The number of amides is 1. The summed E-state index contributed by atoms with van der Waals surface area (Å²) in [6.07, 6.45) is -0.193. The number of carbonyl (C=O) groups is 2. The van der Waals surface area contributed by atoms with Crippen LogP contribution in [-0.4, -0.2) is 50.3 Å². The Morgan fingerprint density at radius 3 is 2.34 bits per heavy atom. The van der Waals surface area contributed by atoms with E-state index in [1.807, 2.05) is 13.8 Å². The number of hydrogen-bond donors (Lipinski definition) is 1. The predicted octanol–water partition coefficient (Wildman–Crippen LogP) is 2.94. The summed E-state index contributed by atoms with van der Waals surface area (Å²) in [7, 11) is -3.98. The molecule has 2 aromatic carbocycles. The highest BCUT2D eigenvalue weighted by molar-refractivity contribution is 7.92. The van der Waals surface area contributed by atoms with Crippen LogP contribution in [0.5, 0.6) is 0 Å². The fourth-order valence-electron chi connectivity index (χ4n) is 3.36. The zero-order chi connectivity index (χ0) is 21.2. The largest absolute Gasteiger partial charge is 0.372 e. The molecule has 154 valence electrons. The molecular formula is C21H24N2O5S. The van der Waals surface area contributed by atoms with Gasteiger partial charge in [-0.25, -0.2) is 8.42 Å². The molecule has 0 aliphatic carbocycles. The quantitative estimate of drug-likeness (QED) is 0.757. The van der Waals surface area contributed by atoms with Crippen LogP contribution in [0.2, 0.25) is 0 Å². The molecule has 3 rings (SSSR count). The average Bonchev–Trinajstić information content (AvgIpc) is 2.67. The summed E-state index contributed by atoms with van der Waals surface area (Å²) in [5, 5.41) is 0. The van der Waals surface area contributed by atoms with Gasteiger partial charge in [0.2, 0.25) is 0 Å². The van der Waals surface area contributed by atoms with Gasteiger partial charge in [0.05, 0.1) is 28.4 Å². The molecule has 7 nitrogen and oxygen atoms in total. The monoisotopic (exact) mass is 416 g/mol. The zero-order valence-electron chi connectivity index (χ0n) is 16.6. The van der Waals surface area contributed by atoms with Crippen molar-refractivity contribution in [1.82, 2.24) is 4.90 Å². The zero-order valence-corrected chi connectivity index (χ0v) is 17.4. The summed E-state index contributed by atoms with van der Waals surface area (Å²) in [4.78, 5) is 26.3. The third-order valence-corrected chi connectivity index (χ3v) is 6.02. The minimum Gasteiger partial charge on any atom is -0.372 e. The molecule has 29 heavy (non-hydrogen) atoms. The molecular weight excluding hydrogens is 392 g/mol. The molecule has 0 aromatic heterocycles. The van der Waals surface area contributed by atoms with Crippen molar-refractivity contribution < 1.29 is 22.7 Å². The van der Waals surface area contributed by atoms with Gasteiger partial charge in [0.25, 0.3) is 15.9 Å². The number of Topliss-reactive ketones (excluding diaryl/α,β-unsaturated/α-hetero) is 1. The normalized spacial score (nSPS) is 19.6. The highest BCUT2D eigenvalue weighted by Crippen LogP contribution is 2.24. The molecule has 2 atom stereocenters. The van der Waals surface area contributed by atoms with Crippen molar-refractivity contribution in [3.63, 3.8) is 0 Å². The van der Waals surface area contributed by atoms with Crippen molar-refractivity contribution in [3.05, 3.63) is 59.7 Å². The Kier molecular flexibility index (Phi) is 6.04. The van der Waals surface area contributed by atoms with Crippen molar-refractivity contribution in [3.8, 4) is 0 Å². The van der Waals surface area contributed by atoms with Gasteiger partial charge in [-0.3, -0.25) is 14.3 Å². The van der Waals surface area contributed by atoms with E-state index in [1.54, 1.807) is 35.2 Å². The van der Waals surface area contributed by atoms with Gasteiger partial charge < -0.3 is 9.64 Å². The number of anilines is 1. The molecule has 1 aliphatic heterocycles. The summed E-state index contributed by atoms with van der Waals surface area (Å²) in [5.41, 5.74) is 0.756. The number of hydrogen-bond acceptors (Lipinski definition) is 5. The molecule has 0 spiro atoms. The number of rotatable bonds is 5. The number of carbonyl (C=O) groups excluding carboxylic acids is 2.